The number of halogens is 1. The van der Waals surface area contributed by atoms with Crippen molar-refractivity contribution in [3.63, 3.8) is 0 Å². The zero-order valence-electron chi connectivity index (χ0n) is 9.16. The summed E-state index contributed by atoms with van der Waals surface area (Å²) in [4.78, 5) is 13.2. The molecule has 1 aromatic carbocycles. The van der Waals surface area contributed by atoms with Crippen LogP contribution in [0.3, 0.4) is 0 Å². The Hall–Kier alpha value is -1.78. The summed E-state index contributed by atoms with van der Waals surface area (Å²) < 4.78 is 18.9. The largest absolute Gasteiger partial charge is 0.475 e. The van der Waals surface area contributed by atoms with E-state index in [2.05, 4.69) is 0 Å². The van der Waals surface area contributed by atoms with E-state index in [9.17, 15) is 9.18 Å². The third kappa shape index (κ3) is 1.48. The van der Waals surface area contributed by atoms with Gasteiger partial charge >= 0.3 is 0 Å². The highest BCUT2D eigenvalue weighted by molar-refractivity contribution is 6.00. The van der Waals surface area contributed by atoms with Crippen LogP contribution in [-0.2, 0) is 4.79 Å². The lowest BCUT2D eigenvalue weighted by Crippen LogP contribution is -2.43. The highest BCUT2D eigenvalue weighted by atomic mass is 19.1. The van der Waals surface area contributed by atoms with E-state index < -0.39 is 11.9 Å². The van der Waals surface area contributed by atoms with Gasteiger partial charge in [0, 0.05) is 18.8 Å². The van der Waals surface area contributed by atoms with Crippen LogP contribution in [0.25, 0.3) is 0 Å². The van der Waals surface area contributed by atoms with Crippen LogP contribution in [0.4, 0.5) is 15.8 Å². The molecule has 86 valence electrons. The van der Waals surface area contributed by atoms with Gasteiger partial charge in [-0.2, -0.15) is 0 Å². The molecule has 1 aliphatic rings. The molecule has 16 heavy (non-hydrogen) atoms. The molecule has 4 nitrogen and oxygen atoms in total. The zero-order chi connectivity index (χ0) is 11.9. The van der Waals surface area contributed by atoms with E-state index in [1.165, 1.54) is 17.0 Å². The highest BCUT2D eigenvalue weighted by Crippen LogP contribution is 2.37. The number of nitrogens with zero attached hydrogens (tertiary/aromatic N) is 1. The normalized spacial score (nSPS) is 19.3. The Morgan fingerprint density at radius 1 is 1.56 bits per heavy atom. The molecule has 2 rings (SSSR count). The van der Waals surface area contributed by atoms with Crippen molar-refractivity contribution in [3.05, 3.63) is 17.9 Å². The molecule has 1 heterocycles. The van der Waals surface area contributed by atoms with Crippen LogP contribution in [-0.4, -0.2) is 19.1 Å². The van der Waals surface area contributed by atoms with E-state index in [4.69, 9.17) is 10.5 Å². The van der Waals surface area contributed by atoms with Crippen molar-refractivity contribution in [1.29, 1.82) is 0 Å². The number of likely N-dealkylation sites (N-methyl/N-ethyl adjacent to an activating group) is 1. The predicted molar refractivity (Wildman–Crippen MR) is 58.9 cm³/mol. The van der Waals surface area contributed by atoms with Crippen LogP contribution in [0.2, 0.25) is 0 Å². The lowest BCUT2D eigenvalue weighted by atomic mass is 10.1. The Morgan fingerprint density at radius 3 is 2.88 bits per heavy atom. The number of ether oxygens (including phenoxy) is 1. The van der Waals surface area contributed by atoms with Crippen LogP contribution in [0, 0.1) is 5.82 Å². The van der Waals surface area contributed by atoms with Crippen molar-refractivity contribution < 1.29 is 13.9 Å². The minimum atomic E-state index is -0.615. The number of rotatable bonds is 1. The van der Waals surface area contributed by atoms with Crippen LogP contribution in [0.15, 0.2) is 12.1 Å². The quantitative estimate of drug-likeness (QED) is 0.736. The summed E-state index contributed by atoms with van der Waals surface area (Å²) in [6.45, 7) is 1.82. The van der Waals surface area contributed by atoms with E-state index in [0.29, 0.717) is 12.1 Å². The van der Waals surface area contributed by atoms with Gasteiger partial charge in [0.1, 0.15) is 0 Å². The second-order valence-corrected chi connectivity index (χ2v) is 3.76. The van der Waals surface area contributed by atoms with Gasteiger partial charge in [0.05, 0.1) is 5.69 Å². The average Bonchev–Trinajstić information content (AvgIpc) is 2.24. The average molecular weight is 224 g/mol. The number of hydrogen-bond donors (Lipinski definition) is 1. The lowest BCUT2D eigenvalue weighted by molar-refractivity contribution is -0.126. The van der Waals surface area contributed by atoms with Crippen molar-refractivity contribution in [1.82, 2.24) is 0 Å². The fraction of sp³-hybridized carbons (Fsp3) is 0.364. The summed E-state index contributed by atoms with van der Waals surface area (Å²) in [6.07, 6.45) is -0.109. The topological polar surface area (TPSA) is 55.6 Å². The summed E-state index contributed by atoms with van der Waals surface area (Å²) in [6, 6.07) is 2.72. The SMILES string of the molecule is CCC1Oc2c(F)cc(N)cc2N(C)C1=O. The number of nitrogen functional groups attached to an aromatic ring is 1. The summed E-state index contributed by atoms with van der Waals surface area (Å²) >= 11 is 0. The van der Waals surface area contributed by atoms with E-state index >= 15 is 0 Å². The molecule has 0 aromatic heterocycles. The number of nitrogens with two attached hydrogens (primary N) is 1. The third-order valence-corrected chi connectivity index (χ3v) is 2.64. The minimum Gasteiger partial charge on any atom is -0.475 e. The maximum atomic E-state index is 13.6. The number of hydrogen-bond acceptors (Lipinski definition) is 3. The number of fused-ring (bicyclic) bond motifs is 1. The monoisotopic (exact) mass is 224 g/mol. The Balaban J connectivity index is 2.54. The van der Waals surface area contributed by atoms with Gasteiger partial charge in [-0.05, 0) is 12.5 Å². The maximum absolute atomic E-state index is 13.6. The molecule has 0 saturated heterocycles. The number of carbonyl (C=O) groups excluding carboxylic acids is 1. The fourth-order valence-electron chi connectivity index (χ4n) is 1.75. The van der Waals surface area contributed by atoms with Gasteiger partial charge in [0.15, 0.2) is 17.7 Å². The molecule has 2 N–H and O–H groups in total. The Labute approximate surface area is 92.8 Å². The predicted octanol–water partition coefficient (Wildman–Crippen LogP) is 1.54. The van der Waals surface area contributed by atoms with Crippen molar-refractivity contribution in [2.75, 3.05) is 17.7 Å². The van der Waals surface area contributed by atoms with Crippen LogP contribution >= 0.6 is 0 Å². The molecule has 0 aliphatic carbocycles. The van der Waals surface area contributed by atoms with Crippen molar-refractivity contribution >= 4 is 17.3 Å². The number of anilines is 2. The fourth-order valence-corrected chi connectivity index (χ4v) is 1.75. The van der Waals surface area contributed by atoms with Crippen molar-refractivity contribution in [2.24, 2.45) is 0 Å². The van der Waals surface area contributed by atoms with E-state index in [-0.39, 0.29) is 17.3 Å². The number of benzene rings is 1. The molecule has 1 unspecified atom stereocenters. The molecule has 1 aliphatic heterocycles. The third-order valence-electron chi connectivity index (χ3n) is 2.64. The maximum Gasteiger partial charge on any atom is 0.267 e. The molecule has 5 heteroatoms. The summed E-state index contributed by atoms with van der Waals surface area (Å²) in [5.41, 5.74) is 6.18. The first-order chi connectivity index (χ1) is 7.54. The van der Waals surface area contributed by atoms with Gasteiger partial charge in [0.25, 0.3) is 5.91 Å². The molecule has 0 fully saturated rings. The van der Waals surface area contributed by atoms with Crippen molar-refractivity contribution in [2.45, 2.75) is 19.4 Å². The van der Waals surface area contributed by atoms with Gasteiger partial charge < -0.3 is 15.4 Å². The van der Waals surface area contributed by atoms with Crippen LogP contribution in [0.1, 0.15) is 13.3 Å². The molecule has 1 amide bonds. The van der Waals surface area contributed by atoms with Crippen molar-refractivity contribution in [3.8, 4) is 5.75 Å². The summed E-state index contributed by atoms with van der Waals surface area (Å²) in [7, 11) is 1.59. The molecule has 0 saturated carbocycles. The molecular formula is C11H13FN2O2. The van der Waals surface area contributed by atoms with Gasteiger partial charge in [-0.25, -0.2) is 4.39 Å². The van der Waals surface area contributed by atoms with Crippen LogP contribution < -0.4 is 15.4 Å². The first-order valence-electron chi connectivity index (χ1n) is 5.07. The first-order valence-corrected chi connectivity index (χ1v) is 5.07. The zero-order valence-corrected chi connectivity index (χ0v) is 9.16. The summed E-state index contributed by atoms with van der Waals surface area (Å²) in [5, 5.41) is 0. The molecule has 1 aromatic rings. The Bertz CT molecular complexity index is 448. The van der Waals surface area contributed by atoms with Crippen LogP contribution in [0.5, 0.6) is 5.75 Å². The summed E-state index contributed by atoms with van der Waals surface area (Å²) in [5.74, 6) is -0.615. The van der Waals surface area contributed by atoms with Gasteiger partial charge in [-0.1, -0.05) is 6.92 Å². The minimum absolute atomic E-state index is 0.100. The first kappa shape index (κ1) is 10.7. The molecule has 1 atom stereocenters. The van der Waals surface area contributed by atoms with Gasteiger partial charge in [0.2, 0.25) is 0 Å². The second-order valence-electron chi connectivity index (χ2n) is 3.76. The molecular weight excluding hydrogens is 211 g/mol. The van der Waals surface area contributed by atoms with E-state index in [1.54, 1.807) is 7.05 Å². The second kappa shape index (κ2) is 3.66. The van der Waals surface area contributed by atoms with Gasteiger partial charge in [-0.3, -0.25) is 4.79 Å². The van der Waals surface area contributed by atoms with E-state index in [0.717, 1.165) is 0 Å². The molecule has 0 bridgehead atoms. The molecule has 0 radical (unpaired) electrons. The van der Waals surface area contributed by atoms with Gasteiger partial charge in [-0.15, -0.1) is 0 Å². The van der Waals surface area contributed by atoms with E-state index in [1.807, 2.05) is 6.92 Å². The Kier molecular flexibility index (Phi) is 2.46. The lowest BCUT2D eigenvalue weighted by Gasteiger charge is -2.31. The Morgan fingerprint density at radius 2 is 2.25 bits per heavy atom. The number of amides is 1. The standard InChI is InChI=1S/C11H13FN2O2/c1-3-9-11(15)14(2)8-5-6(13)4-7(12)10(8)16-9/h4-5,9H,3,13H2,1-2H3. The highest BCUT2D eigenvalue weighted by Gasteiger charge is 2.32. The number of carbonyl (C=O) groups is 1. The molecule has 0 spiro atoms. The smallest absolute Gasteiger partial charge is 0.267 e.